The van der Waals surface area contributed by atoms with Gasteiger partial charge in [-0.3, -0.25) is 0 Å². The van der Waals surface area contributed by atoms with Gasteiger partial charge >= 0.3 is 0 Å². The summed E-state index contributed by atoms with van der Waals surface area (Å²) in [6.07, 6.45) is 5.54. The molecule has 0 heterocycles. The fraction of sp³-hybridized carbons (Fsp3) is 0.500. The Hall–Kier alpha value is 0.440. The zero-order chi connectivity index (χ0) is 4.41. The normalized spacial score (nSPS) is 29.8. The molecule has 0 fully saturated rings. The van der Waals surface area contributed by atoms with Crippen molar-refractivity contribution in [1.29, 1.82) is 0 Å². The molecular formula is C4H6S2. The number of hydrogen-bond acceptors (Lipinski definition) is 2. The van der Waals surface area contributed by atoms with Crippen LogP contribution in [0.25, 0.3) is 0 Å². The fourth-order valence-electron chi connectivity index (χ4n) is 0.325. The van der Waals surface area contributed by atoms with Gasteiger partial charge in [0.2, 0.25) is 0 Å². The van der Waals surface area contributed by atoms with E-state index in [1.54, 1.807) is 10.8 Å². The van der Waals surface area contributed by atoms with E-state index in [9.17, 15) is 0 Å². The Morgan fingerprint density at radius 2 is 2.50 bits per heavy atom. The average Bonchev–Trinajstić information content (AvgIpc) is 1.31. The fourth-order valence-corrected chi connectivity index (χ4v) is 1.17. The largest absolute Gasteiger partial charge is 0.111 e. The van der Waals surface area contributed by atoms with Crippen molar-refractivity contribution in [2.45, 2.75) is 11.7 Å². The van der Waals surface area contributed by atoms with Crippen molar-refractivity contribution in [1.82, 2.24) is 0 Å². The minimum absolute atomic E-state index is 0.716. The van der Waals surface area contributed by atoms with Gasteiger partial charge in [-0.2, -0.15) is 0 Å². The molecule has 2 heteroatoms. The van der Waals surface area contributed by atoms with Gasteiger partial charge < -0.3 is 0 Å². The lowest BCUT2D eigenvalue weighted by molar-refractivity contribution is 0.990. The van der Waals surface area contributed by atoms with Crippen LogP contribution in [0.4, 0.5) is 0 Å². The first-order valence-electron chi connectivity index (χ1n) is 1.90. The van der Waals surface area contributed by atoms with E-state index >= 15 is 0 Å². The van der Waals surface area contributed by atoms with Crippen LogP contribution in [0.2, 0.25) is 0 Å². The molecule has 0 spiro atoms. The summed E-state index contributed by atoms with van der Waals surface area (Å²) in [5.74, 6) is 0. The van der Waals surface area contributed by atoms with Gasteiger partial charge in [0.15, 0.2) is 0 Å². The third-order valence-corrected chi connectivity index (χ3v) is 2.29. The molecule has 0 amide bonds. The van der Waals surface area contributed by atoms with Crippen LogP contribution < -0.4 is 0 Å². The van der Waals surface area contributed by atoms with Gasteiger partial charge in [-0.05, 0) is 6.42 Å². The topological polar surface area (TPSA) is 0 Å². The zero-order valence-electron chi connectivity index (χ0n) is 3.29. The highest BCUT2D eigenvalue weighted by Crippen LogP contribution is 2.25. The van der Waals surface area contributed by atoms with Crippen molar-refractivity contribution in [3.8, 4) is 0 Å². The second kappa shape index (κ2) is 1.94. The van der Waals surface area contributed by atoms with Gasteiger partial charge in [0.1, 0.15) is 0 Å². The molecule has 1 atom stereocenters. The minimum Gasteiger partial charge on any atom is -0.111 e. The van der Waals surface area contributed by atoms with Crippen molar-refractivity contribution in [2.24, 2.45) is 0 Å². The van der Waals surface area contributed by atoms with Crippen LogP contribution in [0.1, 0.15) is 6.42 Å². The molecule has 0 aromatic heterocycles. The highest BCUT2D eigenvalue weighted by molar-refractivity contribution is 8.68. The molecule has 0 bridgehead atoms. The van der Waals surface area contributed by atoms with Crippen LogP contribution >= 0.6 is 22.5 Å². The molecule has 0 aliphatic heterocycles. The van der Waals surface area contributed by atoms with E-state index in [1.165, 1.54) is 6.42 Å². The second-order valence-electron chi connectivity index (χ2n) is 1.31. The number of hydrogen-bond donors (Lipinski definition) is 1. The first-order valence-corrected chi connectivity index (χ1v) is 3.83. The van der Waals surface area contributed by atoms with Gasteiger partial charge in [0, 0.05) is 5.25 Å². The number of rotatable bonds is 1. The smallest absolute Gasteiger partial charge is 0.0363 e. The Kier molecular flexibility index (Phi) is 1.48. The van der Waals surface area contributed by atoms with Crippen molar-refractivity contribution < 1.29 is 0 Å². The number of allylic oxidation sites excluding steroid dienone is 1. The molecule has 0 saturated heterocycles. The summed E-state index contributed by atoms with van der Waals surface area (Å²) >= 11 is 4.01. The summed E-state index contributed by atoms with van der Waals surface area (Å²) in [7, 11) is 1.62. The Balaban J connectivity index is 2.21. The Morgan fingerprint density at radius 1 is 1.83 bits per heavy atom. The molecule has 0 radical (unpaired) electrons. The summed E-state index contributed by atoms with van der Waals surface area (Å²) in [5.41, 5.74) is 0. The lowest BCUT2D eigenvalue weighted by atomic mass is 10.1. The predicted molar refractivity (Wildman–Crippen MR) is 34.1 cm³/mol. The third kappa shape index (κ3) is 0.738. The summed E-state index contributed by atoms with van der Waals surface area (Å²) in [6.45, 7) is 0. The second-order valence-corrected chi connectivity index (χ2v) is 2.76. The Bertz CT molecular complexity index is 67.9. The van der Waals surface area contributed by atoms with Gasteiger partial charge in [-0.15, -0.1) is 11.7 Å². The molecule has 34 valence electrons. The zero-order valence-corrected chi connectivity index (χ0v) is 5.01. The Labute approximate surface area is 46.8 Å². The first kappa shape index (κ1) is 4.60. The molecule has 0 aromatic carbocycles. The predicted octanol–water partition coefficient (Wildman–Crippen LogP) is 1.89. The summed E-state index contributed by atoms with van der Waals surface area (Å²) in [4.78, 5) is 0. The van der Waals surface area contributed by atoms with Gasteiger partial charge in [-0.25, -0.2) is 0 Å². The lowest BCUT2D eigenvalue weighted by Crippen LogP contribution is -2.00. The van der Waals surface area contributed by atoms with E-state index in [0.717, 1.165) is 0 Å². The monoisotopic (exact) mass is 118 g/mol. The van der Waals surface area contributed by atoms with Crippen molar-refractivity contribution in [2.75, 3.05) is 0 Å². The minimum atomic E-state index is 0.716. The van der Waals surface area contributed by atoms with Crippen molar-refractivity contribution in [3.05, 3.63) is 12.2 Å². The highest BCUT2D eigenvalue weighted by Gasteiger charge is 2.05. The molecule has 0 nitrogen and oxygen atoms in total. The molecule has 1 unspecified atom stereocenters. The molecule has 0 aromatic rings. The van der Waals surface area contributed by atoms with E-state index < -0.39 is 0 Å². The highest BCUT2D eigenvalue weighted by atomic mass is 33.1. The molecule has 6 heavy (non-hydrogen) atoms. The van der Waals surface area contributed by atoms with Crippen LogP contribution in [0.5, 0.6) is 0 Å². The van der Waals surface area contributed by atoms with E-state index in [0.29, 0.717) is 5.25 Å². The van der Waals surface area contributed by atoms with Crippen LogP contribution in [-0.4, -0.2) is 5.25 Å². The molecule has 0 saturated carbocycles. The molecule has 1 rings (SSSR count). The molecular weight excluding hydrogens is 112 g/mol. The lowest BCUT2D eigenvalue weighted by Gasteiger charge is -2.11. The van der Waals surface area contributed by atoms with Crippen LogP contribution in [0, 0.1) is 0 Å². The molecule has 0 N–H and O–H groups in total. The summed E-state index contributed by atoms with van der Waals surface area (Å²) in [5, 5.41) is 0.716. The van der Waals surface area contributed by atoms with Crippen molar-refractivity contribution >= 4 is 22.5 Å². The first-order chi connectivity index (χ1) is 2.93. The van der Waals surface area contributed by atoms with Crippen molar-refractivity contribution in [3.63, 3.8) is 0 Å². The van der Waals surface area contributed by atoms with E-state index in [1.807, 2.05) is 0 Å². The van der Waals surface area contributed by atoms with Gasteiger partial charge in [0.25, 0.3) is 0 Å². The summed E-state index contributed by atoms with van der Waals surface area (Å²) < 4.78 is 0. The maximum Gasteiger partial charge on any atom is 0.0363 e. The van der Waals surface area contributed by atoms with Gasteiger partial charge in [0.05, 0.1) is 0 Å². The SMILES string of the molecule is SSC1C=CC1. The quantitative estimate of drug-likeness (QED) is 0.312. The van der Waals surface area contributed by atoms with E-state index in [-0.39, 0.29) is 0 Å². The van der Waals surface area contributed by atoms with Crippen LogP contribution in [0.15, 0.2) is 12.2 Å². The average molecular weight is 118 g/mol. The van der Waals surface area contributed by atoms with Crippen LogP contribution in [-0.2, 0) is 0 Å². The van der Waals surface area contributed by atoms with E-state index in [2.05, 4.69) is 23.8 Å². The number of thiol groups is 1. The Morgan fingerprint density at radius 3 is 2.50 bits per heavy atom. The third-order valence-electron chi connectivity index (χ3n) is 0.855. The maximum absolute atomic E-state index is 4.01. The van der Waals surface area contributed by atoms with Gasteiger partial charge in [-0.1, -0.05) is 22.9 Å². The molecule has 1 aliphatic rings. The molecule has 1 aliphatic carbocycles. The standard InChI is InChI=1S/C4H6S2/c5-6-4-2-1-3-4/h1-2,4-5H,3H2. The van der Waals surface area contributed by atoms with Crippen LogP contribution in [0.3, 0.4) is 0 Å². The maximum atomic E-state index is 4.01. The summed E-state index contributed by atoms with van der Waals surface area (Å²) in [6, 6.07) is 0. The van der Waals surface area contributed by atoms with E-state index in [4.69, 9.17) is 0 Å².